The number of urea groups is 1. The number of nitrogens with one attached hydrogen (secondary N) is 1. The number of imide groups is 2. The van der Waals surface area contributed by atoms with E-state index in [1.807, 2.05) is 32.2 Å². The highest BCUT2D eigenvalue weighted by Gasteiger charge is 2.46. The number of hydrogen-bond acceptors (Lipinski definition) is 5. The first-order valence-electron chi connectivity index (χ1n) is 8.60. The molecule has 0 saturated carbocycles. The van der Waals surface area contributed by atoms with E-state index in [2.05, 4.69) is 0 Å². The first-order valence-corrected chi connectivity index (χ1v) is 8.60. The van der Waals surface area contributed by atoms with Crippen LogP contribution in [0.4, 0.5) is 4.79 Å². The number of rotatable bonds is 8. The van der Waals surface area contributed by atoms with Crippen LogP contribution in [-0.2, 0) is 16.1 Å². The van der Waals surface area contributed by atoms with E-state index in [9.17, 15) is 14.4 Å². The highest BCUT2D eigenvalue weighted by atomic mass is 16.5. The van der Waals surface area contributed by atoms with E-state index in [-0.39, 0.29) is 12.7 Å². The Hall–Kier alpha value is -2.61. The second kappa shape index (κ2) is 8.18. The van der Waals surface area contributed by atoms with Gasteiger partial charge in [-0.1, -0.05) is 0 Å². The Morgan fingerprint density at radius 1 is 1.12 bits per heavy atom. The van der Waals surface area contributed by atoms with E-state index in [1.54, 1.807) is 21.0 Å². The van der Waals surface area contributed by atoms with Gasteiger partial charge in [-0.3, -0.25) is 14.5 Å². The summed E-state index contributed by atoms with van der Waals surface area (Å²) in [5.41, 5.74) is 0.967. The lowest BCUT2D eigenvalue weighted by molar-refractivity contribution is -0.901. The first-order chi connectivity index (χ1) is 12.3. The lowest BCUT2D eigenvalue weighted by Crippen LogP contribution is -3.09. The Labute approximate surface area is 153 Å². The lowest BCUT2D eigenvalue weighted by Gasteiger charge is -2.21. The van der Waals surface area contributed by atoms with Gasteiger partial charge in [0.2, 0.25) is 0 Å². The summed E-state index contributed by atoms with van der Waals surface area (Å²) < 4.78 is 10.8. The summed E-state index contributed by atoms with van der Waals surface area (Å²) in [7, 11) is 3.43. The number of ether oxygens (including phenoxy) is 2. The van der Waals surface area contributed by atoms with E-state index in [1.165, 1.54) is 0 Å². The molecular formula is C18H26N3O5+. The first kappa shape index (κ1) is 19.7. The van der Waals surface area contributed by atoms with Crippen molar-refractivity contribution in [2.75, 3.05) is 27.4 Å². The van der Waals surface area contributed by atoms with E-state index < -0.39 is 17.8 Å². The van der Waals surface area contributed by atoms with Gasteiger partial charge in [0.05, 0.1) is 20.8 Å². The van der Waals surface area contributed by atoms with E-state index in [4.69, 9.17) is 9.47 Å². The van der Waals surface area contributed by atoms with Crippen LogP contribution in [0.5, 0.6) is 11.5 Å². The number of benzene rings is 1. The maximum Gasteiger partial charge on any atom is 0.338 e. The largest absolute Gasteiger partial charge is 0.493 e. The minimum atomic E-state index is -0.771. The molecule has 4 amide bonds. The Balaban J connectivity index is 2.07. The number of methoxy groups -OCH3 is 1. The molecule has 0 spiro atoms. The van der Waals surface area contributed by atoms with Crippen LogP contribution < -0.4 is 14.4 Å². The summed E-state index contributed by atoms with van der Waals surface area (Å²) in [4.78, 5) is 39.3. The second-order valence-corrected chi connectivity index (χ2v) is 6.49. The minimum Gasteiger partial charge on any atom is -0.493 e. The quantitative estimate of drug-likeness (QED) is 0.529. The molecule has 0 aliphatic carbocycles. The number of amides is 4. The summed E-state index contributed by atoms with van der Waals surface area (Å²) in [5, 5.41) is 0. The molecule has 8 nitrogen and oxygen atoms in total. The van der Waals surface area contributed by atoms with Crippen LogP contribution in [0.25, 0.3) is 0 Å². The Kier molecular flexibility index (Phi) is 6.20. The number of carbonyl (C=O) groups excluding carboxylic acids is 3. The molecule has 142 valence electrons. The van der Waals surface area contributed by atoms with Crippen molar-refractivity contribution in [1.82, 2.24) is 9.80 Å². The van der Waals surface area contributed by atoms with Crippen LogP contribution >= 0.6 is 0 Å². The van der Waals surface area contributed by atoms with Crippen LogP contribution in [0.1, 0.15) is 26.3 Å². The molecule has 1 saturated heterocycles. The van der Waals surface area contributed by atoms with Gasteiger partial charge in [-0.25, -0.2) is 9.69 Å². The number of quaternary nitrogens is 1. The highest BCUT2D eigenvalue weighted by Crippen LogP contribution is 2.27. The molecule has 1 aromatic rings. The van der Waals surface area contributed by atoms with Crippen LogP contribution in [0.2, 0.25) is 0 Å². The van der Waals surface area contributed by atoms with Crippen LogP contribution in [0.3, 0.4) is 0 Å². The zero-order valence-corrected chi connectivity index (χ0v) is 15.9. The van der Waals surface area contributed by atoms with Crippen molar-refractivity contribution in [3.63, 3.8) is 0 Å². The molecule has 26 heavy (non-hydrogen) atoms. The fourth-order valence-electron chi connectivity index (χ4n) is 2.89. The van der Waals surface area contributed by atoms with Gasteiger partial charge >= 0.3 is 17.8 Å². The van der Waals surface area contributed by atoms with Crippen LogP contribution in [-0.4, -0.2) is 61.1 Å². The summed E-state index contributed by atoms with van der Waals surface area (Å²) in [6.45, 7) is 6.51. The van der Waals surface area contributed by atoms with Crippen molar-refractivity contribution in [2.24, 2.45) is 0 Å². The van der Waals surface area contributed by atoms with Crippen LogP contribution in [0, 0.1) is 0 Å². The van der Waals surface area contributed by atoms with Crippen molar-refractivity contribution >= 4 is 17.8 Å². The molecule has 0 aromatic heterocycles. The van der Waals surface area contributed by atoms with E-state index in [0.29, 0.717) is 24.7 Å². The van der Waals surface area contributed by atoms with Crippen molar-refractivity contribution < 1.29 is 28.8 Å². The lowest BCUT2D eigenvalue weighted by atomic mass is 10.2. The second-order valence-electron chi connectivity index (χ2n) is 6.49. The van der Waals surface area contributed by atoms with Gasteiger partial charge in [-0.05, 0) is 39.0 Å². The molecule has 0 bridgehead atoms. The predicted octanol–water partition coefficient (Wildman–Crippen LogP) is 0.265. The average Bonchev–Trinajstić information content (AvgIpc) is 2.79. The van der Waals surface area contributed by atoms with Gasteiger partial charge in [0.15, 0.2) is 18.2 Å². The molecule has 0 radical (unpaired) electrons. The molecule has 2 rings (SSSR count). The van der Waals surface area contributed by atoms with E-state index >= 15 is 0 Å². The molecule has 1 fully saturated rings. The van der Waals surface area contributed by atoms with Crippen LogP contribution in [0.15, 0.2) is 18.2 Å². The molecule has 1 atom stereocenters. The predicted molar refractivity (Wildman–Crippen MR) is 93.8 cm³/mol. The fraction of sp³-hybridized carbons (Fsp3) is 0.500. The topological polar surface area (TPSA) is 80.6 Å². The Morgan fingerprint density at radius 2 is 1.81 bits per heavy atom. The SMILES string of the molecule is CCOc1ccc(C[NH+](C)CN2C(=O)C(=O)N(C(C)C)C2=O)cc1OC. The molecule has 1 heterocycles. The third-order valence-corrected chi connectivity index (χ3v) is 4.06. The van der Waals surface area contributed by atoms with Gasteiger partial charge < -0.3 is 14.4 Å². The monoisotopic (exact) mass is 364 g/mol. The summed E-state index contributed by atoms with van der Waals surface area (Å²) in [6, 6.07) is 4.71. The minimum absolute atomic E-state index is 0.113. The third-order valence-electron chi connectivity index (χ3n) is 4.06. The normalized spacial score (nSPS) is 15.8. The number of carbonyl (C=O) groups is 3. The zero-order valence-electron chi connectivity index (χ0n) is 15.9. The number of nitrogens with zero attached hydrogens (tertiary/aromatic N) is 2. The van der Waals surface area contributed by atoms with Gasteiger partial charge in [-0.15, -0.1) is 0 Å². The highest BCUT2D eigenvalue weighted by molar-refractivity contribution is 6.44. The smallest absolute Gasteiger partial charge is 0.338 e. The van der Waals surface area contributed by atoms with E-state index in [0.717, 1.165) is 20.3 Å². The molecule has 1 aliphatic heterocycles. The molecule has 1 unspecified atom stereocenters. The summed E-state index contributed by atoms with van der Waals surface area (Å²) >= 11 is 0. The Bertz CT molecular complexity index is 704. The summed E-state index contributed by atoms with van der Waals surface area (Å²) in [5.74, 6) is -0.237. The zero-order chi connectivity index (χ0) is 19.4. The molecule has 1 aromatic carbocycles. The number of hydrogen-bond donors (Lipinski definition) is 1. The molecular weight excluding hydrogens is 338 g/mol. The van der Waals surface area contributed by atoms with Gasteiger partial charge in [-0.2, -0.15) is 0 Å². The maximum atomic E-state index is 12.3. The van der Waals surface area contributed by atoms with Crippen molar-refractivity contribution in [3.8, 4) is 11.5 Å². The van der Waals surface area contributed by atoms with Crippen molar-refractivity contribution in [2.45, 2.75) is 33.4 Å². The molecule has 1 N–H and O–H groups in total. The van der Waals surface area contributed by atoms with Gasteiger partial charge in [0.1, 0.15) is 6.54 Å². The third kappa shape index (κ3) is 3.96. The van der Waals surface area contributed by atoms with Gasteiger partial charge in [0.25, 0.3) is 0 Å². The Morgan fingerprint density at radius 3 is 2.35 bits per heavy atom. The van der Waals surface area contributed by atoms with Crippen molar-refractivity contribution in [3.05, 3.63) is 23.8 Å². The summed E-state index contributed by atoms with van der Waals surface area (Å²) in [6.07, 6.45) is 0. The van der Waals surface area contributed by atoms with Gasteiger partial charge in [0, 0.05) is 11.6 Å². The fourth-order valence-corrected chi connectivity index (χ4v) is 2.89. The molecule has 1 aliphatic rings. The molecule has 8 heteroatoms. The standard InChI is InChI=1S/C18H25N3O5/c1-6-26-14-8-7-13(9-15(14)25-5)10-19(4)11-20-16(22)17(23)21(12(2)3)18(20)24/h7-9,12H,6,10-11H2,1-5H3/p+1. The maximum absolute atomic E-state index is 12.3. The average molecular weight is 364 g/mol. The van der Waals surface area contributed by atoms with Crippen molar-refractivity contribution in [1.29, 1.82) is 0 Å².